The van der Waals surface area contributed by atoms with Crippen molar-refractivity contribution >= 4 is 17.5 Å². The molecule has 0 amide bonds. The molecule has 0 aliphatic carbocycles. The fourth-order valence-electron chi connectivity index (χ4n) is 1.62. The van der Waals surface area contributed by atoms with Crippen molar-refractivity contribution in [3.05, 3.63) is 40.9 Å². The zero-order valence-corrected chi connectivity index (χ0v) is 11.7. The quantitative estimate of drug-likeness (QED) is 0.888. The Labute approximate surface area is 121 Å². The first-order chi connectivity index (χ1) is 9.67. The predicted octanol–water partition coefficient (Wildman–Crippen LogP) is 2.72. The van der Waals surface area contributed by atoms with Gasteiger partial charge in [-0.1, -0.05) is 12.1 Å². The number of rotatable bonds is 6. The molecular weight excluding hydrogens is 283 g/mol. The largest absolute Gasteiger partial charge is 0.464 e. The van der Waals surface area contributed by atoms with Gasteiger partial charge in [0.15, 0.2) is 0 Å². The first-order valence-corrected chi connectivity index (χ1v) is 6.58. The van der Waals surface area contributed by atoms with Gasteiger partial charge >= 0.3 is 6.01 Å². The summed E-state index contributed by atoms with van der Waals surface area (Å²) in [4.78, 5) is 11.8. The summed E-state index contributed by atoms with van der Waals surface area (Å²) in [6.45, 7) is 2.83. The van der Waals surface area contributed by atoms with Gasteiger partial charge in [0, 0.05) is 6.54 Å². The zero-order chi connectivity index (χ0) is 14.4. The number of ether oxygens (including phenoxy) is 1. The van der Waals surface area contributed by atoms with Crippen LogP contribution in [0.5, 0.6) is 6.01 Å². The van der Waals surface area contributed by atoms with E-state index in [4.69, 9.17) is 16.3 Å². The lowest BCUT2D eigenvalue weighted by atomic mass is 10.1. The van der Waals surface area contributed by atoms with Crippen LogP contribution in [0.3, 0.4) is 0 Å². The molecule has 0 aliphatic rings. The molecule has 7 heteroatoms. The van der Waals surface area contributed by atoms with Gasteiger partial charge < -0.3 is 10.1 Å². The van der Waals surface area contributed by atoms with Gasteiger partial charge in [0.05, 0.1) is 6.61 Å². The molecule has 0 saturated heterocycles. The summed E-state index contributed by atoms with van der Waals surface area (Å²) >= 11 is 5.77. The van der Waals surface area contributed by atoms with Crippen LogP contribution in [-0.4, -0.2) is 28.1 Å². The molecule has 20 heavy (non-hydrogen) atoms. The number of aromatic nitrogens is 3. The van der Waals surface area contributed by atoms with Crippen molar-refractivity contribution in [2.45, 2.75) is 13.3 Å². The van der Waals surface area contributed by atoms with Crippen LogP contribution < -0.4 is 10.1 Å². The summed E-state index contributed by atoms with van der Waals surface area (Å²) in [5, 5.41) is 3.07. The van der Waals surface area contributed by atoms with E-state index in [1.807, 2.05) is 13.0 Å². The Balaban J connectivity index is 1.93. The van der Waals surface area contributed by atoms with Crippen LogP contribution in [0.2, 0.25) is 5.28 Å². The molecule has 0 aliphatic heterocycles. The molecule has 1 aromatic carbocycles. The molecule has 0 radical (unpaired) electrons. The standard InChI is InChI=1S/C13H14ClFN4O/c1-2-20-13-18-11(14)17-12(19-13)16-7-6-9-4-3-5-10(15)8-9/h3-5,8H,2,6-7H2,1H3,(H,16,17,18,19). The van der Waals surface area contributed by atoms with E-state index in [2.05, 4.69) is 20.3 Å². The minimum Gasteiger partial charge on any atom is -0.464 e. The third-order valence-corrected chi connectivity index (χ3v) is 2.62. The Morgan fingerprint density at radius 2 is 2.15 bits per heavy atom. The van der Waals surface area contributed by atoms with E-state index in [1.165, 1.54) is 12.1 Å². The SMILES string of the molecule is CCOc1nc(Cl)nc(NCCc2cccc(F)c2)n1. The van der Waals surface area contributed by atoms with Crippen LogP contribution in [0.15, 0.2) is 24.3 Å². The molecule has 1 heterocycles. The Morgan fingerprint density at radius 3 is 2.90 bits per heavy atom. The van der Waals surface area contributed by atoms with Crippen molar-refractivity contribution in [1.82, 2.24) is 15.0 Å². The highest BCUT2D eigenvalue weighted by Crippen LogP contribution is 2.11. The monoisotopic (exact) mass is 296 g/mol. The number of halogens is 2. The lowest BCUT2D eigenvalue weighted by Gasteiger charge is -2.07. The van der Waals surface area contributed by atoms with Gasteiger partial charge in [-0.2, -0.15) is 15.0 Å². The second-order valence-electron chi connectivity index (χ2n) is 3.95. The molecule has 0 bridgehead atoms. The van der Waals surface area contributed by atoms with E-state index in [0.29, 0.717) is 25.5 Å². The molecular formula is C13H14ClFN4O. The van der Waals surface area contributed by atoms with Gasteiger partial charge in [-0.25, -0.2) is 4.39 Å². The predicted molar refractivity (Wildman–Crippen MR) is 74.6 cm³/mol. The van der Waals surface area contributed by atoms with Crippen molar-refractivity contribution < 1.29 is 9.13 Å². The maximum absolute atomic E-state index is 13.0. The molecule has 2 rings (SSSR count). The first-order valence-electron chi connectivity index (χ1n) is 6.20. The maximum atomic E-state index is 13.0. The lowest BCUT2D eigenvalue weighted by Crippen LogP contribution is -2.10. The molecule has 2 aromatic rings. The average Bonchev–Trinajstić information content (AvgIpc) is 2.38. The van der Waals surface area contributed by atoms with Crippen LogP contribution in [0, 0.1) is 5.82 Å². The Kier molecular flexibility index (Phi) is 5.06. The molecule has 1 aromatic heterocycles. The summed E-state index contributed by atoms with van der Waals surface area (Å²) in [6.07, 6.45) is 0.644. The molecule has 5 nitrogen and oxygen atoms in total. The van der Waals surface area contributed by atoms with Crippen LogP contribution in [0.25, 0.3) is 0 Å². The minimum atomic E-state index is -0.246. The average molecular weight is 297 g/mol. The minimum absolute atomic E-state index is 0.0664. The maximum Gasteiger partial charge on any atom is 0.322 e. The molecule has 0 unspecified atom stereocenters. The van der Waals surface area contributed by atoms with Gasteiger partial charge in [0.2, 0.25) is 11.2 Å². The normalized spacial score (nSPS) is 10.3. The van der Waals surface area contributed by atoms with Gasteiger partial charge in [-0.3, -0.25) is 0 Å². The molecule has 0 spiro atoms. The lowest BCUT2D eigenvalue weighted by molar-refractivity contribution is 0.312. The van der Waals surface area contributed by atoms with Crippen LogP contribution in [0.1, 0.15) is 12.5 Å². The van der Waals surface area contributed by atoms with E-state index in [9.17, 15) is 4.39 Å². The molecule has 1 N–H and O–H groups in total. The van der Waals surface area contributed by atoms with Crippen LogP contribution in [-0.2, 0) is 6.42 Å². The molecule has 106 valence electrons. The third kappa shape index (κ3) is 4.31. The Bertz CT molecular complexity index is 582. The summed E-state index contributed by atoms with van der Waals surface area (Å²) in [7, 11) is 0. The number of hydrogen-bond acceptors (Lipinski definition) is 5. The summed E-state index contributed by atoms with van der Waals surface area (Å²) in [5.74, 6) is 0.0918. The van der Waals surface area contributed by atoms with Crippen molar-refractivity contribution in [3.8, 4) is 6.01 Å². The molecule has 0 saturated carbocycles. The summed E-state index contributed by atoms with van der Waals surface area (Å²) in [6, 6.07) is 6.62. The highest BCUT2D eigenvalue weighted by atomic mass is 35.5. The van der Waals surface area contributed by atoms with E-state index < -0.39 is 0 Å². The molecule has 0 fully saturated rings. The van der Waals surface area contributed by atoms with Gasteiger partial charge in [-0.05, 0) is 42.6 Å². The zero-order valence-electron chi connectivity index (χ0n) is 10.9. The van der Waals surface area contributed by atoms with Crippen molar-refractivity contribution in [2.75, 3.05) is 18.5 Å². The number of anilines is 1. The van der Waals surface area contributed by atoms with Crippen molar-refractivity contribution in [2.24, 2.45) is 0 Å². The van der Waals surface area contributed by atoms with E-state index in [1.54, 1.807) is 6.07 Å². The summed E-state index contributed by atoms with van der Waals surface area (Å²) < 4.78 is 18.2. The van der Waals surface area contributed by atoms with Crippen molar-refractivity contribution in [3.63, 3.8) is 0 Å². The fourth-order valence-corrected chi connectivity index (χ4v) is 1.77. The fraction of sp³-hybridized carbons (Fsp3) is 0.308. The van der Waals surface area contributed by atoms with Gasteiger partial charge in [0.25, 0.3) is 0 Å². The van der Waals surface area contributed by atoms with Crippen LogP contribution >= 0.6 is 11.6 Å². The van der Waals surface area contributed by atoms with Crippen molar-refractivity contribution in [1.29, 1.82) is 0 Å². The number of benzene rings is 1. The smallest absolute Gasteiger partial charge is 0.322 e. The van der Waals surface area contributed by atoms with Gasteiger partial charge in [0.1, 0.15) is 5.82 Å². The van der Waals surface area contributed by atoms with Crippen LogP contribution in [0.4, 0.5) is 10.3 Å². The Morgan fingerprint density at radius 1 is 1.30 bits per heavy atom. The van der Waals surface area contributed by atoms with E-state index >= 15 is 0 Å². The van der Waals surface area contributed by atoms with E-state index in [0.717, 1.165) is 5.56 Å². The number of hydrogen-bond donors (Lipinski definition) is 1. The molecule has 0 atom stereocenters. The Hall–Kier alpha value is -1.95. The van der Waals surface area contributed by atoms with E-state index in [-0.39, 0.29) is 17.1 Å². The highest BCUT2D eigenvalue weighted by molar-refractivity contribution is 6.28. The summed E-state index contributed by atoms with van der Waals surface area (Å²) in [5.41, 5.74) is 0.891. The third-order valence-electron chi connectivity index (χ3n) is 2.45. The topological polar surface area (TPSA) is 59.9 Å². The van der Waals surface area contributed by atoms with Gasteiger partial charge in [-0.15, -0.1) is 0 Å². The first kappa shape index (κ1) is 14.5. The second-order valence-corrected chi connectivity index (χ2v) is 4.29. The number of nitrogens with one attached hydrogen (secondary N) is 1. The second kappa shape index (κ2) is 7.00. The number of nitrogens with zero attached hydrogens (tertiary/aromatic N) is 3. The highest BCUT2D eigenvalue weighted by Gasteiger charge is 2.05.